The van der Waals surface area contributed by atoms with E-state index in [2.05, 4.69) is 31.9 Å². The molecule has 2 heterocycles. The molecule has 0 saturated carbocycles. The highest BCUT2D eigenvalue weighted by molar-refractivity contribution is 7.10. The summed E-state index contributed by atoms with van der Waals surface area (Å²) in [5.74, 6) is 0.757. The second kappa shape index (κ2) is 13.7. The predicted octanol–water partition coefficient (Wildman–Crippen LogP) is 4.30. The number of amides is 1. The molecule has 0 saturated heterocycles. The summed E-state index contributed by atoms with van der Waals surface area (Å²) in [6.07, 6.45) is 2.71. The highest BCUT2D eigenvalue weighted by Crippen LogP contribution is 2.34. The van der Waals surface area contributed by atoms with E-state index in [4.69, 9.17) is 9.47 Å². The second-order valence-corrected chi connectivity index (χ2v) is 10.3. The highest BCUT2D eigenvalue weighted by Gasteiger charge is 2.33. The van der Waals surface area contributed by atoms with Gasteiger partial charge < -0.3 is 19.5 Å². The van der Waals surface area contributed by atoms with Gasteiger partial charge in [-0.1, -0.05) is 19.9 Å². The van der Waals surface area contributed by atoms with Crippen molar-refractivity contribution in [1.82, 2.24) is 9.80 Å². The number of nitrogens with zero attached hydrogens (tertiary/aromatic N) is 2. The monoisotopic (exact) mass is 504 g/mol. The summed E-state index contributed by atoms with van der Waals surface area (Å²) < 4.78 is 24.6. The second-order valence-electron chi connectivity index (χ2n) is 9.31. The van der Waals surface area contributed by atoms with Crippen molar-refractivity contribution < 1.29 is 23.8 Å². The number of aliphatic hydroxyl groups is 1. The van der Waals surface area contributed by atoms with E-state index in [1.165, 1.54) is 17.0 Å². The first-order valence-corrected chi connectivity index (χ1v) is 13.1. The maximum atomic E-state index is 13.5. The molecule has 6 nitrogen and oxygen atoms in total. The molecule has 1 amide bonds. The molecule has 1 aromatic heterocycles. The Balaban J connectivity index is 1.68. The normalized spacial score (nSPS) is 16.4. The average molecular weight is 505 g/mol. The summed E-state index contributed by atoms with van der Waals surface area (Å²) in [6, 6.07) is 7.79. The van der Waals surface area contributed by atoms with E-state index in [1.54, 1.807) is 29.5 Å². The lowest BCUT2D eigenvalue weighted by atomic mass is 10.00. The van der Waals surface area contributed by atoms with Gasteiger partial charge in [-0.25, -0.2) is 4.39 Å². The van der Waals surface area contributed by atoms with Gasteiger partial charge in [0.25, 0.3) is 0 Å². The van der Waals surface area contributed by atoms with E-state index < -0.39 is 6.10 Å². The van der Waals surface area contributed by atoms with Crippen LogP contribution < -0.4 is 4.74 Å². The van der Waals surface area contributed by atoms with Gasteiger partial charge in [0.2, 0.25) is 5.91 Å². The number of rotatable bonds is 14. The quantitative estimate of drug-likeness (QED) is 0.307. The molecule has 8 heteroatoms. The number of halogens is 1. The van der Waals surface area contributed by atoms with E-state index in [9.17, 15) is 14.3 Å². The van der Waals surface area contributed by atoms with Crippen molar-refractivity contribution in [2.45, 2.75) is 38.8 Å². The summed E-state index contributed by atoms with van der Waals surface area (Å²) in [5.41, 5.74) is 1.11. The Labute approximate surface area is 212 Å². The molecular formula is C27H37FN2O4S. The fourth-order valence-corrected chi connectivity index (χ4v) is 5.10. The minimum atomic E-state index is -0.683. The van der Waals surface area contributed by atoms with Crippen molar-refractivity contribution in [3.63, 3.8) is 0 Å². The van der Waals surface area contributed by atoms with E-state index in [1.807, 2.05) is 9.80 Å². The molecule has 192 valence electrons. The van der Waals surface area contributed by atoms with Crippen molar-refractivity contribution in [1.29, 1.82) is 0 Å². The number of carbonyl (C=O) groups excluding carboxylic acids is 1. The molecule has 1 aromatic carbocycles. The van der Waals surface area contributed by atoms with Gasteiger partial charge in [0, 0.05) is 18.0 Å². The smallest absolute Gasteiger partial charge is 0.237 e. The first kappa shape index (κ1) is 27.3. The molecule has 0 spiro atoms. The summed E-state index contributed by atoms with van der Waals surface area (Å²) in [5, 5.41) is 12.5. The molecule has 0 bridgehead atoms. The van der Waals surface area contributed by atoms with Crippen molar-refractivity contribution in [3.8, 4) is 5.75 Å². The maximum Gasteiger partial charge on any atom is 0.237 e. The van der Waals surface area contributed by atoms with E-state index in [-0.39, 0.29) is 30.9 Å². The Morgan fingerprint density at radius 1 is 1.34 bits per heavy atom. The van der Waals surface area contributed by atoms with Crippen molar-refractivity contribution >= 4 is 17.2 Å². The lowest BCUT2D eigenvalue weighted by Crippen LogP contribution is -2.48. The molecule has 0 aliphatic carbocycles. The molecule has 0 fully saturated rings. The minimum absolute atomic E-state index is 0.0116. The zero-order valence-corrected chi connectivity index (χ0v) is 21.5. The van der Waals surface area contributed by atoms with Gasteiger partial charge in [0.05, 0.1) is 31.9 Å². The van der Waals surface area contributed by atoms with Crippen LogP contribution in [0.3, 0.4) is 0 Å². The van der Waals surface area contributed by atoms with Gasteiger partial charge in [0.1, 0.15) is 18.2 Å². The molecule has 2 atom stereocenters. The van der Waals surface area contributed by atoms with E-state index >= 15 is 0 Å². The Kier molecular flexibility index (Phi) is 10.7. The maximum absolute atomic E-state index is 13.5. The summed E-state index contributed by atoms with van der Waals surface area (Å²) in [7, 11) is 0. The first-order valence-electron chi connectivity index (χ1n) is 12.2. The Bertz CT molecular complexity index is 934. The largest absolute Gasteiger partial charge is 0.491 e. The Morgan fingerprint density at radius 3 is 2.83 bits per heavy atom. The Hall–Kier alpha value is -2.26. The topological polar surface area (TPSA) is 62.2 Å². The fourth-order valence-electron chi connectivity index (χ4n) is 4.18. The zero-order chi connectivity index (χ0) is 25.2. The third kappa shape index (κ3) is 8.42. The van der Waals surface area contributed by atoms with Crippen LogP contribution in [0.4, 0.5) is 4.39 Å². The van der Waals surface area contributed by atoms with Crippen LogP contribution in [0.15, 0.2) is 48.4 Å². The number of hydrogen-bond acceptors (Lipinski definition) is 6. The van der Waals surface area contributed by atoms with E-state index in [0.29, 0.717) is 38.0 Å². The molecule has 35 heavy (non-hydrogen) atoms. The van der Waals surface area contributed by atoms with Crippen LogP contribution in [0, 0.1) is 11.7 Å². The SMILES string of the molecule is C=CCOCC(O)CN(CCC(C)C)CC(=O)N1CCc2sccc2C1COc1ccc(F)cc1. The molecule has 1 aliphatic rings. The first-order chi connectivity index (χ1) is 16.9. The third-order valence-corrected chi connectivity index (χ3v) is 7.03. The molecule has 0 radical (unpaired) electrons. The van der Waals surface area contributed by atoms with Crippen molar-refractivity contribution in [2.24, 2.45) is 5.92 Å². The average Bonchev–Trinajstić information content (AvgIpc) is 3.31. The van der Waals surface area contributed by atoms with Crippen LogP contribution in [-0.2, 0) is 16.0 Å². The Morgan fingerprint density at radius 2 is 2.11 bits per heavy atom. The lowest BCUT2D eigenvalue weighted by molar-refractivity contribution is -0.136. The molecular weight excluding hydrogens is 467 g/mol. The van der Waals surface area contributed by atoms with Crippen molar-refractivity contribution in [2.75, 3.05) is 46.0 Å². The van der Waals surface area contributed by atoms with Crippen LogP contribution in [0.1, 0.15) is 36.8 Å². The van der Waals surface area contributed by atoms with Gasteiger partial charge in [-0.15, -0.1) is 17.9 Å². The molecule has 2 unspecified atom stereocenters. The number of hydrogen-bond donors (Lipinski definition) is 1. The number of ether oxygens (including phenoxy) is 2. The summed E-state index contributed by atoms with van der Waals surface area (Å²) >= 11 is 1.70. The van der Waals surface area contributed by atoms with Gasteiger partial charge >= 0.3 is 0 Å². The fraction of sp³-hybridized carbons (Fsp3) is 0.519. The summed E-state index contributed by atoms with van der Waals surface area (Å²) in [6.45, 7) is 10.7. The number of carbonyl (C=O) groups is 1. The number of thiophene rings is 1. The number of fused-ring (bicyclic) bond motifs is 1. The summed E-state index contributed by atoms with van der Waals surface area (Å²) in [4.78, 5) is 18.7. The van der Waals surface area contributed by atoms with E-state index in [0.717, 1.165) is 24.9 Å². The minimum Gasteiger partial charge on any atom is -0.491 e. The molecule has 2 aromatic rings. The van der Waals surface area contributed by atoms with Crippen LogP contribution in [0.25, 0.3) is 0 Å². The molecule has 1 aliphatic heterocycles. The highest BCUT2D eigenvalue weighted by atomic mass is 32.1. The lowest BCUT2D eigenvalue weighted by Gasteiger charge is -2.37. The van der Waals surface area contributed by atoms with Crippen molar-refractivity contribution in [3.05, 3.63) is 64.6 Å². The van der Waals surface area contributed by atoms with Gasteiger partial charge in [-0.05, 0) is 66.6 Å². The standard InChI is InChI=1S/C27H37FN2O4S/c1-4-14-33-18-22(31)16-29(12-9-20(2)3)17-27(32)30-13-10-26-24(11-15-35-26)25(30)19-34-23-7-5-21(28)6-8-23/h4-8,11,15,20,22,25,31H,1,9-10,12-14,16-19H2,2-3H3. The zero-order valence-electron chi connectivity index (χ0n) is 20.7. The molecule has 3 rings (SSSR count). The number of benzene rings is 1. The predicted molar refractivity (Wildman–Crippen MR) is 137 cm³/mol. The third-order valence-electron chi connectivity index (χ3n) is 6.03. The van der Waals surface area contributed by atoms with Gasteiger partial charge in [0.15, 0.2) is 0 Å². The number of aliphatic hydroxyl groups excluding tert-OH is 1. The van der Waals surface area contributed by atoms with Gasteiger partial charge in [-0.3, -0.25) is 9.69 Å². The van der Waals surface area contributed by atoms with Crippen LogP contribution in [0.2, 0.25) is 0 Å². The van der Waals surface area contributed by atoms with Gasteiger partial charge in [-0.2, -0.15) is 0 Å². The van der Waals surface area contributed by atoms with Crippen LogP contribution in [-0.4, -0.2) is 72.9 Å². The van der Waals surface area contributed by atoms with Crippen LogP contribution >= 0.6 is 11.3 Å². The van der Waals surface area contributed by atoms with Crippen LogP contribution in [0.5, 0.6) is 5.75 Å². The molecule has 1 N–H and O–H groups in total.